The molecule has 2 aromatic heterocycles. The highest BCUT2D eigenvalue weighted by molar-refractivity contribution is 7.25. The molecule has 7 aromatic carbocycles. The number of anilines is 3. The molecule has 2 aliphatic rings. The van der Waals surface area contributed by atoms with Crippen LogP contribution in [0.1, 0.15) is 25.0 Å². The normalized spacial score (nSPS) is 13.6. The number of hydrogen-bond donors (Lipinski definition) is 0. The van der Waals surface area contributed by atoms with Crippen LogP contribution in [-0.2, 0) is 5.41 Å². The molecule has 0 unspecified atom stereocenters. The molecule has 0 N–H and O–H groups in total. The van der Waals surface area contributed by atoms with Crippen LogP contribution in [0.25, 0.3) is 74.3 Å². The van der Waals surface area contributed by atoms with Gasteiger partial charge in [0, 0.05) is 59.3 Å². The number of thiophene rings is 1. The molecule has 0 saturated carbocycles. The molecular weight excluding hydrogens is 645 g/mol. The topological polar surface area (TPSA) is 16.1 Å². The lowest BCUT2D eigenvalue weighted by Gasteiger charge is -2.27. The minimum atomic E-state index is -0.0362. The lowest BCUT2D eigenvalue weighted by molar-refractivity contribution is 0.660. The lowest BCUT2D eigenvalue weighted by Crippen LogP contribution is -2.15. The molecule has 2 aliphatic carbocycles. The van der Waals surface area contributed by atoms with E-state index in [2.05, 4.69) is 164 Å². The molecule has 0 saturated heterocycles. The van der Waals surface area contributed by atoms with E-state index < -0.39 is 0 Å². The Labute approximate surface area is 298 Å². The van der Waals surface area contributed by atoms with Crippen molar-refractivity contribution in [2.45, 2.75) is 19.3 Å². The van der Waals surface area contributed by atoms with Crippen LogP contribution in [0, 0.1) is 0 Å². The second-order valence-electron chi connectivity index (χ2n) is 14.0. The molecule has 0 fully saturated rings. The van der Waals surface area contributed by atoms with E-state index in [1.165, 1.54) is 69.2 Å². The number of thiazole rings is 1. The summed E-state index contributed by atoms with van der Waals surface area (Å²) in [5.41, 5.74) is 13.6. The molecule has 0 atom stereocenters. The van der Waals surface area contributed by atoms with Gasteiger partial charge in [-0.2, -0.15) is 0 Å². The van der Waals surface area contributed by atoms with Crippen molar-refractivity contribution in [2.75, 3.05) is 4.90 Å². The first kappa shape index (κ1) is 28.3. The Morgan fingerprint density at radius 3 is 2.08 bits per heavy atom. The molecule has 9 aromatic rings. The maximum atomic E-state index is 5.23. The number of rotatable bonds is 4. The van der Waals surface area contributed by atoms with Gasteiger partial charge < -0.3 is 4.90 Å². The van der Waals surface area contributed by atoms with Crippen molar-refractivity contribution in [1.82, 2.24) is 4.98 Å². The van der Waals surface area contributed by atoms with Gasteiger partial charge in [0.15, 0.2) is 0 Å². The second-order valence-corrected chi connectivity index (χ2v) is 16.1. The van der Waals surface area contributed by atoms with E-state index in [0.717, 1.165) is 33.3 Å². The molecular formula is C46H30N2S2. The highest BCUT2D eigenvalue weighted by atomic mass is 32.1. The van der Waals surface area contributed by atoms with Crippen LogP contribution in [0.2, 0.25) is 0 Å². The smallest absolute Gasteiger partial charge is 0.124 e. The molecule has 0 amide bonds. The molecule has 0 radical (unpaired) electrons. The van der Waals surface area contributed by atoms with E-state index in [9.17, 15) is 0 Å². The van der Waals surface area contributed by atoms with Crippen LogP contribution in [0.4, 0.5) is 17.1 Å². The zero-order chi connectivity index (χ0) is 33.1. The quantitative estimate of drug-likeness (QED) is 0.185. The van der Waals surface area contributed by atoms with E-state index in [-0.39, 0.29) is 5.41 Å². The third-order valence-corrected chi connectivity index (χ3v) is 13.1. The third kappa shape index (κ3) is 3.92. The van der Waals surface area contributed by atoms with Gasteiger partial charge in [-0.1, -0.05) is 98.8 Å². The van der Waals surface area contributed by atoms with Gasteiger partial charge in [-0.25, -0.2) is 4.98 Å². The molecule has 0 aliphatic heterocycles. The van der Waals surface area contributed by atoms with Gasteiger partial charge in [0.25, 0.3) is 0 Å². The van der Waals surface area contributed by atoms with Crippen molar-refractivity contribution in [3.05, 3.63) is 157 Å². The zero-order valence-electron chi connectivity index (χ0n) is 27.6. The summed E-state index contributed by atoms with van der Waals surface area (Å²) in [5, 5.41) is 6.27. The fourth-order valence-electron chi connectivity index (χ4n) is 8.44. The van der Waals surface area contributed by atoms with Crippen molar-refractivity contribution in [2.24, 2.45) is 0 Å². The van der Waals surface area contributed by atoms with Crippen LogP contribution < -0.4 is 4.90 Å². The fourth-order valence-corrected chi connectivity index (χ4v) is 10.6. The van der Waals surface area contributed by atoms with Crippen molar-refractivity contribution in [3.63, 3.8) is 0 Å². The van der Waals surface area contributed by atoms with Crippen molar-refractivity contribution >= 4 is 70.7 Å². The van der Waals surface area contributed by atoms with Gasteiger partial charge in [-0.3, -0.25) is 0 Å². The van der Waals surface area contributed by atoms with Crippen molar-refractivity contribution in [1.29, 1.82) is 0 Å². The van der Waals surface area contributed by atoms with Crippen LogP contribution in [0.5, 0.6) is 0 Å². The molecule has 2 nitrogen and oxygen atoms in total. The number of fused-ring (bicyclic) bond motifs is 9. The second kappa shape index (κ2) is 10.2. The maximum Gasteiger partial charge on any atom is 0.124 e. The third-order valence-electron chi connectivity index (χ3n) is 10.8. The van der Waals surface area contributed by atoms with Gasteiger partial charge in [0.1, 0.15) is 5.01 Å². The minimum absolute atomic E-state index is 0.0362. The first-order chi connectivity index (χ1) is 24.5. The number of aromatic nitrogens is 1. The van der Waals surface area contributed by atoms with Gasteiger partial charge in [-0.05, 0) is 93.7 Å². The summed E-state index contributed by atoms with van der Waals surface area (Å²) >= 11 is 3.66. The molecule has 50 heavy (non-hydrogen) atoms. The Hall–Kier alpha value is -5.55. The molecule has 0 bridgehead atoms. The van der Waals surface area contributed by atoms with Crippen molar-refractivity contribution in [3.8, 4) is 43.4 Å². The number of hydrogen-bond acceptors (Lipinski definition) is 4. The predicted molar refractivity (Wildman–Crippen MR) is 215 cm³/mol. The van der Waals surface area contributed by atoms with Gasteiger partial charge in [-0.15, -0.1) is 22.7 Å². The van der Waals surface area contributed by atoms with Crippen LogP contribution >= 0.6 is 22.7 Å². The molecule has 236 valence electrons. The van der Waals surface area contributed by atoms with E-state index in [4.69, 9.17) is 4.98 Å². The van der Waals surface area contributed by atoms with Crippen LogP contribution in [0.3, 0.4) is 0 Å². The SMILES string of the molecule is CC1(C)c2ccccc2-c2cc(N(c3ccc(-c4nc5c(s4)-c4cccc6cccc-5c46)cc3)c3ccc4sc5ccccc5c4c3)ccc21. The van der Waals surface area contributed by atoms with E-state index in [1.807, 2.05) is 11.3 Å². The Kier molecular flexibility index (Phi) is 5.80. The number of nitrogens with zero attached hydrogens (tertiary/aromatic N) is 2. The standard InChI is InChI=1S/C46H30N2S2/c1-46(2)38-15-5-3-11-32(38)36-25-30(21-23-39(36)46)48(31-22-24-41-37(26-31)33-12-4-6-16-40(33)49-41)29-19-17-28(18-20-29)45-47-43-34-13-7-9-27-10-8-14-35(42(27)34)44(43)50-45/h3-26H,1-2H3. The summed E-state index contributed by atoms with van der Waals surface area (Å²) in [5.74, 6) is 0. The summed E-state index contributed by atoms with van der Waals surface area (Å²) in [6.45, 7) is 4.69. The average molecular weight is 675 g/mol. The summed E-state index contributed by atoms with van der Waals surface area (Å²) in [6.07, 6.45) is 0. The van der Waals surface area contributed by atoms with E-state index in [0.29, 0.717) is 0 Å². The fraction of sp³-hybridized carbons (Fsp3) is 0.0652. The molecule has 11 rings (SSSR count). The Morgan fingerprint density at radius 1 is 0.520 bits per heavy atom. The Morgan fingerprint density at radius 2 is 1.20 bits per heavy atom. The monoisotopic (exact) mass is 674 g/mol. The highest BCUT2D eigenvalue weighted by Crippen LogP contribution is 2.53. The van der Waals surface area contributed by atoms with E-state index >= 15 is 0 Å². The Balaban J connectivity index is 1.05. The zero-order valence-corrected chi connectivity index (χ0v) is 29.2. The summed E-state index contributed by atoms with van der Waals surface area (Å²) in [6, 6.07) is 53.8. The molecule has 4 heteroatoms. The summed E-state index contributed by atoms with van der Waals surface area (Å²) in [4.78, 5) is 8.92. The first-order valence-corrected chi connectivity index (χ1v) is 18.8. The largest absolute Gasteiger partial charge is 0.310 e. The number of benzene rings is 7. The lowest BCUT2D eigenvalue weighted by atomic mass is 9.82. The van der Waals surface area contributed by atoms with Crippen molar-refractivity contribution < 1.29 is 0 Å². The van der Waals surface area contributed by atoms with Crippen LogP contribution in [-0.4, -0.2) is 4.98 Å². The van der Waals surface area contributed by atoms with Gasteiger partial charge >= 0.3 is 0 Å². The van der Waals surface area contributed by atoms with Crippen LogP contribution in [0.15, 0.2) is 146 Å². The first-order valence-electron chi connectivity index (χ1n) is 17.1. The molecule has 0 spiro atoms. The van der Waals surface area contributed by atoms with E-state index in [1.54, 1.807) is 11.3 Å². The summed E-state index contributed by atoms with van der Waals surface area (Å²) < 4.78 is 2.63. The average Bonchev–Trinajstić information content (AvgIpc) is 3.89. The molecule has 2 heterocycles. The highest BCUT2D eigenvalue weighted by Gasteiger charge is 2.35. The van der Waals surface area contributed by atoms with Gasteiger partial charge in [0.2, 0.25) is 0 Å². The Bertz CT molecular complexity index is 2800. The maximum absolute atomic E-state index is 5.23. The minimum Gasteiger partial charge on any atom is -0.310 e. The summed E-state index contributed by atoms with van der Waals surface area (Å²) in [7, 11) is 0. The van der Waals surface area contributed by atoms with Gasteiger partial charge in [0.05, 0.1) is 10.6 Å². The predicted octanol–water partition coefficient (Wildman–Crippen LogP) is 13.8.